The summed E-state index contributed by atoms with van der Waals surface area (Å²) in [6.07, 6.45) is 2.70. The van der Waals surface area contributed by atoms with Crippen LogP contribution in [0.15, 0.2) is 36.5 Å². The molecule has 0 spiro atoms. The van der Waals surface area contributed by atoms with Gasteiger partial charge in [0, 0.05) is 37.0 Å². The van der Waals surface area contributed by atoms with E-state index in [9.17, 15) is 5.11 Å². The second kappa shape index (κ2) is 7.09. The van der Waals surface area contributed by atoms with Crippen LogP contribution in [0.3, 0.4) is 0 Å². The van der Waals surface area contributed by atoms with E-state index in [1.54, 1.807) is 7.11 Å². The standard InChI is InChI=1S/C17H22N2O2/c1-13-10-14(17(20)16(11-13)21-3)12-19(2)9-7-15-6-4-5-8-18-15/h4-6,8,10-11,20H,7,9,12H2,1-3H3. The summed E-state index contributed by atoms with van der Waals surface area (Å²) in [7, 11) is 3.61. The molecule has 1 N–H and O–H groups in total. The molecule has 2 rings (SSSR count). The Morgan fingerprint density at radius 2 is 2.10 bits per heavy atom. The second-order valence-electron chi connectivity index (χ2n) is 5.28. The van der Waals surface area contributed by atoms with Gasteiger partial charge in [-0.2, -0.15) is 0 Å². The first kappa shape index (κ1) is 15.3. The number of rotatable bonds is 6. The van der Waals surface area contributed by atoms with Crippen molar-refractivity contribution < 1.29 is 9.84 Å². The quantitative estimate of drug-likeness (QED) is 0.887. The molecule has 0 aliphatic heterocycles. The summed E-state index contributed by atoms with van der Waals surface area (Å²) in [5, 5.41) is 10.2. The van der Waals surface area contributed by atoms with Gasteiger partial charge in [0.1, 0.15) is 0 Å². The first-order chi connectivity index (χ1) is 10.1. The highest BCUT2D eigenvalue weighted by atomic mass is 16.5. The zero-order chi connectivity index (χ0) is 15.2. The molecule has 4 nitrogen and oxygen atoms in total. The van der Waals surface area contributed by atoms with Crippen molar-refractivity contribution in [2.75, 3.05) is 20.7 Å². The highest BCUT2D eigenvalue weighted by Gasteiger charge is 2.11. The molecule has 2 aromatic rings. The molecular formula is C17H22N2O2. The van der Waals surface area contributed by atoms with Crippen LogP contribution < -0.4 is 4.74 Å². The molecule has 0 bridgehead atoms. The lowest BCUT2D eigenvalue weighted by molar-refractivity contribution is 0.317. The van der Waals surface area contributed by atoms with Gasteiger partial charge in [0.05, 0.1) is 7.11 Å². The average molecular weight is 286 g/mol. The van der Waals surface area contributed by atoms with Crippen molar-refractivity contribution >= 4 is 0 Å². The summed E-state index contributed by atoms with van der Waals surface area (Å²) in [4.78, 5) is 6.49. The summed E-state index contributed by atoms with van der Waals surface area (Å²) in [6.45, 7) is 3.56. The highest BCUT2D eigenvalue weighted by Crippen LogP contribution is 2.31. The van der Waals surface area contributed by atoms with Crippen molar-refractivity contribution in [1.29, 1.82) is 0 Å². The van der Waals surface area contributed by atoms with Crippen molar-refractivity contribution in [3.63, 3.8) is 0 Å². The van der Waals surface area contributed by atoms with Gasteiger partial charge in [-0.15, -0.1) is 0 Å². The number of phenols is 1. The predicted molar refractivity (Wildman–Crippen MR) is 83.7 cm³/mol. The van der Waals surface area contributed by atoms with Crippen LogP contribution >= 0.6 is 0 Å². The third-order valence-corrected chi connectivity index (χ3v) is 3.43. The van der Waals surface area contributed by atoms with Crippen molar-refractivity contribution in [3.05, 3.63) is 53.3 Å². The molecule has 0 aliphatic carbocycles. The van der Waals surface area contributed by atoms with E-state index in [0.717, 1.165) is 29.8 Å². The molecule has 0 fully saturated rings. The number of nitrogens with zero attached hydrogens (tertiary/aromatic N) is 2. The Balaban J connectivity index is 1.99. The topological polar surface area (TPSA) is 45.6 Å². The summed E-state index contributed by atoms with van der Waals surface area (Å²) in [5.41, 5.74) is 3.04. The van der Waals surface area contributed by atoms with Gasteiger partial charge >= 0.3 is 0 Å². The number of aromatic hydroxyl groups is 1. The Labute approximate surface area is 126 Å². The molecule has 0 atom stereocenters. The Hall–Kier alpha value is -2.07. The number of pyridine rings is 1. The van der Waals surface area contributed by atoms with Gasteiger partial charge in [0.25, 0.3) is 0 Å². The smallest absolute Gasteiger partial charge is 0.162 e. The van der Waals surface area contributed by atoms with Crippen molar-refractivity contribution in [3.8, 4) is 11.5 Å². The number of hydrogen-bond donors (Lipinski definition) is 1. The zero-order valence-corrected chi connectivity index (χ0v) is 12.8. The molecule has 0 aliphatic rings. The van der Waals surface area contributed by atoms with Crippen molar-refractivity contribution in [2.24, 2.45) is 0 Å². The predicted octanol–water partition coefficient (Wildman–Crippen LogP) is 2.78. The summed E-state index contributed by atoms with van der Waals surface area (Å²) in [5.74, 6) is 0.760. The number of aromatic nitrogens is 1. The lowest BCUT2D eigenvalue weighted by Gasteiger charge is -2.18. The molecule has 1 aromatic heterocycles. The number of benzene rings is 1. The van der Waals surface area contributed by atoms with Crippen LogP contribution in [0.25, 0.3) is 0 Å². The largest absolute Gasteiger partial charge is 0.504 e. The number of ether oxygens (including phenoxy) is 1. The van der Waals surface area contributed by atoms with Crippen LogP contribution in [-0.4, -0.2) is 35.7 Å². The van der Waals surface area contributed by atoms with E-state index in [0.29, 0.717) is 12.3 Å². The Morgan fingerprint density at radius 1 is 1.29 bits per heavy atom. The molecule has 0 saturated heterocycles. The van der Waals surface area contributed by atoms with Crippen LogP contribution in [0.2, 0.25) is 0 Å². The molecule has 112 valence electrons. The number of aryl methyl sites for hydroxylation is 1. The van der Waals surface area contributed by atoms with Gasteiger partial charge in [-0.25, -0.2) is 0 Å². The minimum Gasteiger partial charge on any atom is -0.504 e. The molecule has 0 radical (unpaired) electrons. The normalized spacial score (nSPS) is 10.9. The van der Waals surface area contributed by atoms with E-state index in [1.807, 2.05) is 50.5 Å². The number of methoxy groups -OCH3 is 1. The third-order valence-electron chi connectivity index (χ3n) is 3.43. The van der Waals surface area contributed by atoms with Gasteiger partial charge in [-0.1, -0.05) is 12.1 Å². The van der Waals surface area contributed by atoms with Crippen LogP contribution in [0.4, 0.5) is 0 Å². The Kier molecular flexibility index (Phi) is 5.17. The minimum absolute atomic E-state index is 0.229. The van der Waals surface area contributed by atoms with Crippen LogP contribution in [0.5, 0.6) is 11.5 Å². The number of likely N-dealkylation sites (N-methyl/N-ethyl adjacent to an activating group) is 1. The molecule has 21 heavy (non-hydrogen) atoms. The first-order valence-electron chi connectivity index (χ1n) is 7.05. The molecule has 0 saturated carbocycles. The maximum Gasteiger partial charge on any atom is 0.162 e. The molecular weight excluding hydrogens is 264 g/mol. The summed E-state index contributed by atoms with van der Waals surface area (Å²) >= 11 is 0. The van der Waals surface area contributed by atoms with Gasteiger partial charge in [-0.3, -0.25) is 4.98 Å². The van der Waals surface area contributed by atoms with Gasteiger partial charge < -0.3 is 14.7 Å². The maximum atomic E-state index is 10.2. The average Bonchev–Trinajstić information content (AvgIpc) is 2.49. The maximum absolute atomic E-state index is 10.2. The molecule has 1 aromatic carbocycles. The Morgan fingerprint density at radius 3 is 2.76 bits per heavy atom. The van der Waals surface area contributed by atoms with E-state index in [4.69, 9.17) is 4.74 Å². The third kappa shape index (κ3) is 4.20. The monoisotopic (exact) mass is 286 g/mol. The van der Waals surface area contributed by atoms with E-state index in [1.165, 1.54) is 0 Å². The minimum atomic E-state index is 0.229. The number of phenolic OH excluding ortho intramolecular Hbond substituents is 1. The van der Waals surface area contributed by atoms with E-state index in [2.05, 4.69) is 9.88 Å². The number of hydrogen-bond acceptors (Lipinski definition) is 4. The summed E-state index contributed by atoms with van der Waals surface area (Å²) < 4.78 is 5.20. The van der Waals surface area contributed by atoms with Crippen molar-refractivity contribution in [1.82, 2.24) is 9.88 Å². The van der Waals surface area contributed by atoms with E-state index >= 15 is 0 Å². The lowest BCUT2D eigenvalue weighted by Crippen LogP contribution is -2.21. The lowest BCUT2D eigenvalue weighted by atomic mass is 10.1. The zero-order valence-electron chi connectivity index (χ0n) is 12.8. The SMILES string of the molecule is COc1cc(C)cc(CN(C)CCc2ccccn2)c1O. The second-order valence-corrected chi connectivity index (χ2v) is 5.28. The van der Waals surface area contributed by atoms with Crippen LogP contribution in [0, 0.1) is 6.92 Å². The van der Waals surface area contributed by atoms with Gasteiger partial charge in [0.15, 0.2) is 11.5 Å². The van der Waals surface area contributed by atoms with Crippen molar-refractivity contribution in [2.45, 2.75) is 19.9 Å². The summed E-state index contributed by atoms with van der Waals surface area (Å²) in [6, 6.07) is 9.78. The molecule has 4 heteroatoms. The Bertz CT molecular complexity index is 585. The van der Waals surface area contributed by atoms with Crippen LogP contribution in [-0.2, 0) is 13.0 Å². The van der Waals surface area contributed by atoms with Gasteiger partial charge in [-0.05, 0) is 37.7 Å². The fourth-order valence-electron chi connectivity index (χ4n) is 2.32. The first-order valence-corrected chi connectivity index (χ1v) is 7.05. The van der Waals surface area contributed by atoms with Gasteiger partial charge in [0.2, 0.25) is 0 Å². The van der Waals surface area contributed by atoms with E-state index < -0.39 is 0 Å². The fourth-order valence-corrected chi connectivity index (χ4v) is 2.32. The molecule has 0 unspecified atom stereocenters. The highest BCUT2D eigenvalue weighted by molar-refractivity contribution is 5.48. The molecule has 0 amide bonds. The van der Waals surface area contributed by atoms with Crippen LogP contribution in [0.1, 0.15) is 16.8 Å². The molecule has 1 heterocycles. The van der Waals surface area contributed by atoms with E-state index in [-0.39, 0.29) is 5.75 Å². The fraction of sp³-hybridized carbons (Fsp3) is 0.353.